The zero-order valence-electron chi connectivity index (χ0n) is 12.4. The topological polar surface area (TPSA) is 79.5 Å². The molecule has 2 aliphatic rings. The molecule has 1 unspecified atom stereocenters. The van der Waals surface area contributed by atoms with Gasteiger partial charge in [0.15, 0.2) is 0 Å². The third kappa shape index (κ3) is 1.88. The van der Waals surface area contributed by atoms with Crippen LogP contribution < -0.4 is 20.7 Å². The molecule has 1 atom stereocenters. The lowest BCUT2D eigenvalue weighted by Gasteiger charge is -2.35. The van der Waals surface area contributed by atoms with Gasteiger partial charge in [-0.3, -0.25) is 9.59 Å². The molecule has 2 aromatic rings. The van der Waals surface area contributed by atoms with E-state index in [9.17, 15) is 14.0 Å². The van der Waals surface area contributed by atoms with Crippen molar-refractivity contribution in [3.63, 3.8) is 0 Å². The molecule has 0 bridgehead atoms. The van der Waals surface area contributed by atoms with Crippen molar-refractivity contribution in [1.82, 2.24) is 5.32 Å². The number of carbonyl (C=O) groups excluding carboxylic acids is 2. The Balaban J connectivity index is 1.92. The fraction of sp³-hybridized carbons (Fsp3) is 0.125. The lowest BCUT2D eigenvalue weighted by molar-refractivity contribution is -0.120. The summed E-state index contributed by atoms with van der Waals surface area (Å²) < 4.78 is 19.2. The molecule has 4 rings (SSSR count). The summed E-state index contributed by atoms with van der Waals surface area (Å²) in [5.41, 5.74) is -0.583. The molecule has 1 spiro atoms. The van der Waals surface area contributed by atoms with Crippen molar-refractivity contribution >= 4 is 34.8 Å². The van der Waals surface area contributed by atoms with Crippen LogP contribution in [0.15, 0.2) is 30.3 Å². The van der Waals surface area contributed by atoms with Crippen molar-refractivity contribution < 1.29 is 18.7 Å². The molecule has 8 heteroatoms. The van der Waals surface area contributed by atoms with Gasteiger partial charge in [0, 0.05) is 16.3 Å². The average molecular weight is 348 g/mol. The molecule has 6 nitrogen and oxygen atoms in total. The van der Waals surface area contributed by atoms with Crippen molar-refractivity contribution in [1.29, 1.82) is 0 Å². The molecule has 0 aromatic heterocycles. The Morgan fingerprint density at radius 3 is 2.67 bits per heavy atom. The minimum absolute atomic E-state index is 0.118. The second-order valence-electron chi connectivity index (χ2n) is 5.50. The van der Waals surface area contributed by atoms with Gasteiger partial charge in [-0.2, -0.15) is 0 Å². The van der Waals surface area contributed by atoms with E-state index in [1.54, 1.807) is 18.2 Å². The van der Waals surface area contributed by atoms with Gasteiger partial charge in [0.1, 0.15) is 11.6 Å². The highest BCUT2D eigenvalue weighted by molar-refractivity contribution is 6.31. The summed E-state index contributed by atoms with van der Waals surface area (Å²) in [4.78, 5) is 25.0. The number of ether oxygens (including phenoxy) is 1. The number of methoxy groups -OCH3 is 1. The van der Waals surface area contributed by atoms with Gasteiger partial charge in [-0.1, -0.05) is 11.6 Å². The number of carbonyl (C=O) groups is 2. The fourth-order valence-electron chi connectivity index (χ4n) is 3.03. The second-order valence-corrected chi connectivity index (χ2v) is 5.94. The Morgan fingerprint density at radius 1 is 1.12 bits per heavy atom. The van der Waals surface area contributed by atoms with Gasteiger partial charge in [-0.15, -0.1) is 0 Å². The molecule has 0 saturated carbocycles. The summed E-state index contributed by atoms with van der Waals surface area (Å²) in [6.07, 6.45) is 0. The highest BCUT2D eigenvalue weighted by atomic mass is 35.5. The van der Waals surface area contributed by atoms with Crippen LogP contribution in [0.25, 0.3) is 0 Å². The number of benzene rings is 2. The van der Waals surface area contributed by atoms with E-state index in [4.69, 9.17) is 16.3 Å². The molecule has 24 heavy (non-hydrogen) atoms. The van der Waals surface area contributed by atoms with Crippen LogP contribution in [-0.4, -0.2) is 18.9 Å². The lowest BCUT2D eigenvalue weighted by Crippen LogP contribution is -2.59. The number of fused-ring (bicyclic) bond motifs is 3. The predicted molar refractivity (Wildman–Crippen MR) is 85.8 cm³/mol. The van der Waals surface area contributed by atoms with Crippen LogP contribution in [0.5, 0.6) is 5.75 Å². The van der Waals surface area contributed by atoms with Crippen LogP contribution in [0.3, 0.4) is 0 Å². The number of rotatable bonds is 1. The first kappa shape index (κ1) is 14.8. The minimum Gasteiger partial charge on any atom is -0.497 e. The SMILES string of the molecule is COc1ccc2c(c1)C1(NC(=O)c3c(F)cc(Cl)cc3N1)C(=O)N2. The van der Waals surface area contributed by atoms with E-state index in [1.165, 1.54) is 13.2 Å². The summed E-state index contributed by atoms with van der Waals surface area (Å²) in [6, 6.07) is 7.44. The van der Waals surface area contributed by atoms with E-state index in [0.717, 1.165) is 6.07 Å². The van der Waals surface area contributed by atoms with Crippen LogP contribution in [-0.2, 0) is 10.5 Å². The van der Waals surface area contributed by atoms with Gasteiger partial charge >= 0.3 is 0 Å². The van der Waals surface area contributed by atoms with Crippen LogP contribution in [0, 0.1) is 5.82 Å². The maximum atomic E-state index is 14.1. The molecule has 2 heterocycles. The Kier molecular flexibility index (Phi) is 2.98. The van der Waals surface area contributed by atoms with E-state index in [2.05, 4.69) is 16.0 Å². The third-order valence-electron chi connectivity index (χ3n) is 4.12. The van der Waals surface area contributed by atoms with Gasteiger partial charge < -0.3 is 20.7 Å². The summed E-state index contributed by atoms with van der Waals surface area (Å²) in [5, 5.41) is 8.29. The van der Waals surface area contributed by atoms with E-state index >= 15 is 0 Å². The summed E-state index contributed by atoms with van der Waals surface area (Å²) in [6.45, 7) is 0. The largest absolute Gasteiger partial charge is 0.497 e. The first-order chi connectivity index (χ1) is 11.4. The standard InChI is InChI=1S/C16H11ClFN3O3/c1-24-8-2-3-11-9(6-8)16(15(23)19-11)20-12-5-7(17)4-10(18)13(12)14(22)21-16/h2-6,20H,1H3,(H,19,23)(H,21,22). The minimum atomic E-state index is -1.55. The molecule has 2 aliphatic heterocycles. The number of anilines is 2. The Labute approximate surface area is 140 Å². The van der Waals surface area contributed by atoms with E-state index in [1.807, 2.05) is 0 Å². The molecule has 0 aliphatic carbocycles. The molecule has 0 fully saturated rings. The lowest BCUT2D eigenvalue weighted by atomic mass is 9.95. The summed E-state index contributed by atoms with van der Waals surface area (Å²) in [7, 11) is 1.50. The third-order valence-corrected chi connectivity index (χ3v) is 4.34. The summed E-state index contributed by atoms with van der Waals surface area (Å²) >= 11 is 5.88. The first-order valence-corrected chi connectivity index (χ1v) is 7.42. The van der Waals surface area contributed by atoms with Crippen LogP contribution in [0.4, 0.5) is 15.8 Å². The van der Waals surface area contributed by atoms with Crippen molar-refractivity contribution in [2.75, 3.05) is 17.7 Å². The molecule has 2 amide bonds. The van der Waals surface area contributed by atoms with Gasteiger partial charge in [-0.05, 0) is 30.3 Å². The quantitative estimate of drug-likeness (QED) is 0.740. The number of hydrogen-bond acceptors (Lipinski definition) is 4. The maximum absolute atomic E-state index is 14.1. The van der Waals surface area contributed by atoms with Crippen LogP contribution >= 0.6 is 11.6 Å². The molecular weight excluding hydrogens is 337 g/mol. The highest BCUT2D eigenvalue weighted by Crippen LogP contribution is 2.42. The Hall–Kier alpha value is -2.80. The monoisotopic (exact) mass is 347 g/mol. The molecule has 122 valence electrons. The molecule has 0 saturated heterocycles. The molecule has 3 N–H and O–H groups in total. The molecule has 0 radical (unpaired) electrons. The van der Waals surface area contributed by atoms with Crippen LogP contribution in [0.2, 0.25) is 5.02 Å². The zero-order valence-corrected chi connectivity index (χ0v) is 13.1. The smallest absolute Gasteiger partial charge is 0.275 e. The zero-order chi connectivity index (χ0) is 17.1. The number of hydrogen-bond donors (Lipinski definition) is 3. The van der Waals surface area contributed by atoms with Crippen molar-refractivity contribution in [3.05, 3.63) is 52.3 Å². The van der Waals surface area contributed by atoms with Gasteiger partial charge in [0.2, 0.25) is 5.66 Å². The fourth-order valence-corrected chi connectivity index (χ4v) is 3.23. The first-order valence-electron chi connectivity index (χ1n) is 7.04. The summed E-state index contributed by atoms with van der Waals surface area (Å²) in [5.74, 6) is -1.43. The average Bonchev–Trinajstić information content (AvgIpc) is 2.77. The Bertz CT molecular complexity index is 918. The predicted octanol–water partition coefficient (Wildman–Crippen LogP) is 2.45. The van der Waals surface area contributed by atoms with Gasteiger partial charge in [0.05, 0.1) is 18.4 Å². The Morgan fingerprint density at radius 2 is 1.92 bits per heavy atom. The van der Waals surface area contributed by atoms with Crippen molar-refractivity contribution in [2.45, 2.75) is 5.66 Å². The number of nitrogens with one attached hydrogen (secondary N) is 3. The normalized spacial score (nSPS) is 20.8. The molecular formula is C16H11ClFN3O3. The van der Waals surface area contributed by atoms with E-state index in [-0.39, 0.29) is 16.3 Å². The van der Waals surface area contributed by atoms with Crippen molar-refractivity contribution in [3.8, 4) is 5.75 Å². The number of amides is 2. The number of halogens is 2. The van der Waals surface area contributed by atoms with Crippen LogP contribution in [0.1, 0.15) is 15.9 Å². The maximum Gasteiger partial charge on any atom is 0.275 e. The van der Waals surface area contributed by atoms with E-state index in [0.29, 0.717) is 17.0 Å². The molecule has 2 aromatic carbocycles. The van der Waals surface area contributed by atoms with Gasteiger partial charge in [0.25, 0.3) is 11.8 Å². The van der Waals surface area contributed by atoms with Gasteiger partial charge in [-0.25, -0.2) is 4.39 Å². The van der Waals surface area contributed by atoms with Crippen molar-refractivity contribution in [2.24, 2.45) is 0 Å². The second kappa shape index (κ2) is 4.85. The highest BCUT2D eigenvalue weighted by Gasteiger charge is 2.52. The van der Waals surface area contributed by atoms with E-state index < -0.39 is 23.3 Å².